The number of H-pyrrole nitrogens is 1. The molecule has 5 heteroatoms. The van der Waals surface area contributed by atoms with Crippen molar-refractivity contribution in [2.75, 3.05) is 11.1 Å². The van der Waals surface area contributed by atoms with Gasteiger partial charge in [-0.25, -0.2) is 9.97 Å². The molecule has 0 unspecified atom stereocenters. The Kier molecular flexibility index (Phi) is 4.05. The van der Waals surface area contributed by atoms with Crippen molar-refractivity contribution in [3.05, 3.63) is 71.5 Å². The molecule has 0 radical (unpaired) electrons. The highest BCUT2D eigenvalue weighted by Crippen LogP contribution is 2.32. The Labute approximate surface area is 152 Å². The molecule has 0 bridgehead atoms. The molecular weight excluding hydrogens is 322 g/mol. The molecule has 130 valence electrons. The summed E-state index contributed by atoms with van der Waals surface area (Å²) in [5, 5.41) is 4.59. The van der Waals surface area contributed by atoms with Crippen LogP contribution in [0.25, 0.3) is 22.2 Å². The third-order valence-corrected chi connectivity index (χ3v) is 4.60. The Morgan fingerprint density at radius 3 is 2.62 bits per heavy atom. The number of aryl methyl sites for hydroxylation is 2. The summed E-state index contributed by atoms with van der Waals surface area (Å²) >= 11 is 0. The molecule has 0 spiro atoms. The molecule has 0 aliphatic carbocycles. The van der Waals surface area contributed by atoms with Crippen LogP contribution in [0.4, 0.5) is 11.6 Å². The molecule has 2 aromatic heterocycles. The van der Waals surface area contributed by atoms with Crippen molar-refractivity contribution in [2.45, 2.75) is 20.4 Å². The number of benzene rings is 2. The van der Waals surface area contributed by atoms with Gasteiger partial charge in [-0.2, -0.15) is 0 Å². The quantitative estimate of drug-likeness (QED) is 0.512. The summed E-state index contributed by atoms with van der Waals surface area (Å²) in [7, 11) is 0. The van der Waals surface area contributed by atoms with Crippen LogP contribution in [0.3, 0.4) is 0 Å². The van der Waals surface area contributed by atoms with Crippen molar-refractivity contribution in [3.63, 3.8) is 0 Å². The summed E-state index contributed by atoms with van der Waals surface area (Å²) < 4.78 is 0. The zero-order valence-electron chi connectivity index (χ0n) is 14.9. The van der Waals surface area contributed by atoms with Gasteiger partial charge < -0.3 is 16.0 Å². The standard InChI is InChI=1S/C21H21N5/c1-13-8-16(11-23-19-10-18(22)24-12-25-19)21-17(9-13)14(2)20(26-21)15-6-4-3-5-7-15/h3-10,12,26H,11H2,1-2H3,(H3,22,23,24,25). The fourth-order valence-corrected chi connectivity index (χ4v) is 3.35. The van der Waals surface area contributed by atoms with Gasteiger partial charge in [0.1, 0.15) is 18.0 Å². The van der Waals surface area contributed by atoms with Crippen LogP contribution >= 0.6 is 0 Å². The predicted molar refractivity (Wildman–Crippen MR) is 107 cm³/mol. The fourth-order valence-electron chi connectivity index (χ4n) is 3.35. The number of hydrogen-bond acceptors (Lipinski definition) is 4. The van der Waals surface area contributed by atoms with E-state index in [4.69, 9.17) is 5.73 Å². The molecule has 26 heavy (non-hydrogen) atoms. The van der Waals surface area contributed by atoms with Crippen molar-refractivity contribution in [3.8, 4) is 11.3 Å². The molecule has 0 atom stereocenters. The Morgan fingerprint density at radius 2 is 1.85 bits per heavy atom. The van der Waals surface area contributed by atoms with E-state index in [2.05, 4.69) is 70.5 Å². The van der Waals surface area contributed by atoms with Crippen LogP contribution in [0.2, 0.25) is 0 Å². The minimum absolute atomic E-state index is 0.457. The second kappa shape index (κ2) is 6.52. The lowest BCUT2D eigenvalue weighted by molar-refractivity contribution is 1.09. The number of nitrogens with zero attached hydrogens (tertiary/aromatic N) is 2. The van der Waals surface area contributed by atoms with Gasteiger partial charge in [0, 0.05) is 23.7 Å². The molecule has 0 aliphatic rings. The average molecular weight is 343 g/mol. The Balaban J connectivity index is 1.75. The first-order valence-corrected chi connectivity index (χ1v) is 8.60. The Morgan fingerprint density at radius 1 is 1.04 bits per heavy atom. The van der Waals surface area contributed by atoms with Crippen LogP contribution in [0.1, 0.15) is 16.7 Å². The third-order valence-electron chi connectivity index (χ3n) is 4.60. The number of aromatic nitrogens is 3. The van der Waals surface area contributed by atoms with Gasteiger partial charge in [0.25, 0.3) is 0 Å². The van der Waals surface area contributed by atoms with E-state index in [0.717, 1.165) is 11.3 Å². The van der Waals surface area contributed by atoms with Gasteiger partial charge in [0.05, 0.1) is 5.52 Å². The minimum atomic E-state index is 0.457. The van der Waals surface area contributed by atoms with Crippen molar-refractivity contribution < 1.29 is 0 Å². The molecule has 4 N–H and O–H groups in total. The fraction of sp³-hybridized carbons (Fsp3) is 0.143. The number of rotatable bonds is 4. The zero-order valence-corrected chi connectivity index (χ0v) is 14.9. The summed E-state index contributed by atoms with van der Waals surface area (Å²) in [6, 6.07) is 16.6. The molecule has 0 saturated carbocycles. The van der Waals surface area contributed by atoms with Gasteiger partial charge in [-0.3, -0.25) is 0 Å². The first-order valence-electron chi connectivity index (χ1n) is 8.60. The number of fused-ring (bicyclic) bond motifs is 1. The summed E-state index contributed by atoms with van der Waals surface area (Å²) in [4.78, 5) is 11.8. The second-order valence-electron chi connectivity index (χ2n) is 6.52. The molecule has 5 nitrogen and oxygen atoms in total. The van der Waals surface area contributed by atoms with E-state index in [-0.39, 0.29) is 0 Å². The number of nitrogen functional groups attached to an aromatic ring is 1. The molecule has 0 aliphatic heterocycles. The summed E-state index contributed by atoms with van der Waals surface area (Å²) in [6.07, 6.45) is 1.47. The van der Waals surface area contributed by atoms with E-state index in [1.165, 1.54) is 39.7 Å². The molecule has 2 aromatic carbocycles. The average Bonchev–Trinajstić information content (AvgIpc) is 2.97. The summed E-state index contributed by atoms with van der Waals surface area (Å²) in [5.74, 6) is 1.18. The molecular formula is C21H21N5. The number of aromatic amines is 1. The van der Waals surface area contributed by atoms with E-state index in [1.54, 1.807) is 6.07 Å². The van der Waals surface area contributed by atoms with Crippen molar-refractivity contribution >= 4 is 22.5 Å². The monoisotopic (exact) mass is 343 g/mol. The summed E-state index contributed by atoms with van der Waals surface area (Å²) in [5.41, 5.74) is 12.9. The van der Waals surface area contributed by atoms with E-state index in [1.807, 2.05) is 6.07 Å². The maximum atomic E-state index is 5.73. The van der Waals surface area contributed by atoms with Gasteiger partial charge in [-0.15, -0.1) is 0 Å². The lowest BCUT2D eigenvalue weighted by Crippen LogP contribution is -2.03. The number of hydrogen-bond donors (Lipinski definition) is 3. The van der Waals surface area contributed by atoms with Crippen LogP contribution < -0.4 is 11.1 Å². The lowest BCUT2D eigenvalue weighted by Gasteiger charge is -2.08. The molecule has 0 saturated heterocycles. The van der Waals surface area contributed by atoms with Gasteiger partial charge in [-0.1, -0.05) is 42.0 Å². The van der Waals surface area contributed by atoms with Crippen LogP contribution in [-0.4, -0.2) is 15.0 Å². The smallest absolute Gasteiger partial charge is 0.131 e. The molecule has 2 heterocycles. The largest absolute Gasteiger partial charge is 0.384 e. The van der Waals surface area contributed by atoms with E-state index in [0.29, 0.717) is 12.4 Å². The lowest BCUT2D eigenvalue weighted by atomic mass is 10.0. The van der Waals surface area contributed by atoms with Crippen LogP contribution in [0, 0.1) is 13.8 Å². The van der Waals surface area contributed by atoms with Gasteiger partial charge >= 0.3 is 0 Å². The normalized spacial score (nSPS) is 11.0. The number of nitrogens with two attached hydrogens (primary N) is 1. The van der Waals surface area contributed by atoms with Crippen molar-refractivity contribution in [1.29, 1.82) is 0 Å². The number of anilines is 2. The van der Waals surface area contributed by atoms with E-state index in [9.17, 15) is 0 Å². The highest BCUT2D eigenvalue weighted by Gasteiger charge is 2.13. The molecule has 0 fully saturated rings. The van der Waals surface area contributed by atoms with Gasteiger partial charge in [0.15, 0.2) is 0 Å². The highest BCUT2D eigenvalue weighted by atomic mass is 15.0. The topological polar surface area (TPSA) is 79.6 Å². The van der Waals surface area contributed by atoms with E-state index >= 15 is 0 Å². The maximum absolute atomic E-state index is 5.73. The zero-order chi connectivity index (χ0) is 18.1. The van der Waals surface area contributed by atoms with E-state index < -0.39 is 0 Å². The highest BCUT2D eigenvalue weighted by molar-refractivity contribution is 5.93. The molecule has 0 amide bonds. The maximum Gasteiger partial charge on any atom is 0.131 e. The SMILES string of the molecule is Cc1cc(CNc2cc(N)ncn2)c2[nH]c(-c3ccccc3)c(C)c2c1. The first kappa shape index (κ1) is 16.1. The van der Waals surface area contributed by atoms with Gasteiger partial charge in [0.2, 0.25) is 0 Å². The van der Waals surface area contributed by atoms with Gasteiger partial charge in [-0.05, 0) is 36.6 Å². The Bertz CT molecular complexity index is 1070. The van der Waals surface area contributed by atoms with Crippen molar-refractivity contribution in [2.24, 2.45) is 0 Å². The molecule has 4 aromatic rings. The van der Waals surface area contributed by atoms with Crippen LogP contribution in [0.5, 0.6) is 0 Å². The Hall–Kier alpha value is -3.34. The van der Waals surface area contributed by atoms with Crippen LogP contribution in [0.15, 0.2) is 54.9 Å². The first-order chi connectivity index (χ1) is 12.6. The molecule has 4 rings (SSSR count). The van der Waals surface area contributed by atoms with Crippen LogP contribution in [-0.2, 0) is 6.54 Å². The second-order valence-corrected chi connectivity index (χ2v) is 6.52. The number of nitrogens with one attached hydrogen (secondary N) is 2. The predicted octanol–water partition coefficient (Wildman–Crippen LogP) is 4.44. The minimum Gasteiger partial charge on any atom is -0.384 e. The third kappa shape index (κ3) is 2.99. The van der Waals surface area contributed by atoms with Crippen molar-refractivity contribution in [1.82, 2.24) is 15.0 Å². The summed E-state index contributed by atoms with van der Waals surface area (Å²) in [6.45, 7) is 4.95.